The van der Waals surface area contributed by atoms with Crippen molar-refractivity contribution < 1.29 is 19.5 Å². The van der Waals surface area contributed by atoms with E-state index < -0.39 is 7.60 Å². The average Bonchev–Trinajstić information content (AvgIpc) is 2.38. The Labute approximate surface area is 121 Å². The highest BCUT2D eigenvalue weighted by molar-refractivity contribution is 7.60. The lowest BCUT2D eigenvalue weighted by molar-refractivity contribution is 0.386. The number of hydrogen-bond acceptors (Lipinski definition) is 2. The molecule has 1 aromatic carbocycles. The minimum absolute atomic E-state index is 0.0168. The fourth-order valence-electron chi connectivity index (χ4n) is 2.35. The standard InChI is InChI=1S/C15H25O4P/c1-2-3-4-5-6-7-8-10-13-14(16)11-9-12-15(13)20(17,18)19/h9,11-12,16H,2-8,10H2,1H3,(H2,17,18,19). The van der Waals surface area contributed by atoms with Crippen LogP contribution in [0.1, 0.15) is 57.4 Å². The topological polar surface area (TPSA) is 77.8 Å². The molecule has 0 fully saturated rings. The Morgan fingerprint density at radius 1 is 1.00 bits per heavy atom. The molecule has 0 atom stereocenters. The normalized spacial score (nSPS) is 11.8. The Morgan fingerprint density at radius 2 is 1.60 bits per heavy atom. The molecule has 0 saturated carbocycles. The average molecular weight is 300 g/mol. The van der Waals surface area contributed by atoms with E-state index >= 15 is 0 Å². The van der Waals surface area contributed by atoms with Gasteiger partial charge in [-0.2, -0.15) is 0 Å². The molecule has 0 radical (unpaired) electrons. The quantitative estimate of drug-likeness (QED) is 0.482. The zero-order valence-electron chi connectivity index (χ0n) is 12.1. The van der Waals surface area contributed by atoms with Crippen molar-refractivity contribution in [2.24, 2.45) is 0 Å². The maximum atomic E-state index is 11.4. The van der Waals surface area contributed by atoms with Crippen LogP contribution in [-0.4, -0.2) is 14.9 Å². The van der Waals surface area contributed by atoms with Gasteiger partial charge in [-0.3, -0.25) is 4.57 Å². The first-order valence-corrected chi connectivity index (χ1v) is 8.95. The minimum Gasteiger partial charge on any atom is -0.508 e. The van der Waals surface area contributed by atoms with Crippen LogP contribution in [0, 0.1) is 0 Å². The molecule has 5 heteroatoms. The molecule has 0 saturated heterocycles. The number of rotatable bonds is 9. The first-order valence-electron chi connectivity index (χ1n) is 7.33. The van der Waals surface area contributed by atoms with E-state index in [1.165, 1.54) is 43.9 Å². The van der Waals surface area contributed by atoms with Crippen LogP contribution in [0.3, 0.4) is 0 Å². The summed E-state index contributed by atoms with van der Waals surface area (Å²) in [4.78, 5) is 18.6. The summed E-state index contributed by atoms with van der Waals surface area (Å²) < 4.78 is 11.4. The Morgan fingerprint density at radius 3 is 2.20 bits per heavy atom. The molecule has 0 spiro atoms. The largest absolute Gasteiger partial charge is 0.508 e. The summed E-state index contributed by atoms with van der Waals surface area (Å²) in [5.41, 5.74) is 0.398. The molecule has 0 aliphatic heterocycles. The molecule has 0 bridgehead atoms. The Hall–Kier alpha value is -0.830. The van der Waals surface area contributed by atoms with Gasteiger partial charge in [0.05, 0.1) is 5.30 Å². The van der Waals surface area contributed by atoms with E-state index in [1.807, 2.05) is 0 Å². The highest BCUT2D eigenvalue weighted by Crippen LogP contribution is 2.37. The third-order valence-electron chi connectivity index (χ3n) is 3.47. The number of phenolic OH excluding ortho intramolecular Hbond substituents is 1. The number of hydrogen-bond donors (Lipinski definition) is 3. The van der Waals surface area contributed by atoms with Gasteiger partial charge in [-0.1, -0.05) is 51.5 Å². The molecule has 20 heavy (non-hydrogen) atoms. The summed E-state index contributed by atoms with van der Waals surface area (Å²) >= 11 is 0. The van der Waals surface area contributed by atoms with Gasteiger partial charge in [0, 0.05) is 5.56 Å². The van der Waals surface area contributed by atoms with Gasteiger partial charge in [0.1, 0.15) is 5.75 Å². The van der Waals surface area contributed by atoms with Crippen LogP contribution in [0.4, 0.5) is 0 Å². The molecule has 114 valence electrons. The molecule has 0 aliphatic rings. The fraction of sp³-hybridized carbons (Fsp3) is 0.600. The van der Waals surface area contributed by atoms with E-state index in [9.17, 15) is 19.5 Å². The van der Waals surface area contributed by atoms with Crippen molar-refractivity contribution in [2.75, 3.05) is 0 Å². The maximum Gasteiger partial charge on any atom is 0.356 e. The molecule has 1 aromatic rings. The minimum atomic E-state index is -4.31. The van der Waals surface area contributed by atoms with Gasteiger partial charge in [0.15, 0.2) is 0 Å². The Bertz CT molecular complexity index is 453. The van der Waals surface area contributed by atoms with Gasteiger partial charge in [-0.25, -0.2) is 0 Å². The summed E-state index contributed by atoms with van der Waals surface area (Å²) in [6.07, 6.45) is 8.47. The molecular formula is C15H25O4P. The molecular weight excluding hydrogens is 275 g/mol. The molecule has 4 nitrogen and oxygen atoms in total. The van der Waals surface area contributed by atoms with Crippen molar-refractivity contribution in [3.05, 3.63) is 23.8 Å². The van der Waals surface area contributed by atoms with Crippen molar-refractivity contribution in [1.29, 1.82) is 0 Å². The summed E-state index contributed by atoms with van der Waals surface area (Å²) in [6.45, 7) is 2.18. The molecule has 3 N–H and O–H groups in total. The molecule has 0 aliphatic carbocycles. The first-order chi connectivity index (χ1) is 9.46. The second kappa shape index (κ2) is 8.46. The maximum absolute atomic E-state index is 11.4. The van der Waals surface area contributed by atoms with Gasteiger partial charge in [0.2, 0.25) is 0 Å². The highest BCUT2D eigenvalue weighted by Gasteiger charge is 2.22. The van der Waals surface area contributed by atoms with E-state index in [2.05, 4.69) is 6.92 Å². The van der Waals surface area contributed by atoms with Crippen molar-refractivity contribution >= 4 is 12.9 Å². The van der Waals surface area contributed by atoms with E-state index in [1.54, 1.807) is 0 Å². The third-order valence-corrected chi connectivity index (χ3v) is 4.52. The third kappa shape index (κ3) is 5.66. The Balaban J connectivity index is 2.49. The van der Waals surface area contributed by atoms with Crippen LogP contribution < -0.4 is 5.30 Å². The fourth-order valence-corrected chi connectivity index (χ4v) is 3.21. The summed E-state index contributed by atoms with van der Waals surface area (Å²) in [5, 5.41) is 9.75. The van der Waals surface area contributed by atoms with E-state index in [0.717, 1.165) is 19.3 Å². The van der Waals surface area contributed by atoms with Crippen LogP contribution in [0.25, 0.3) is 0 Å². The van der Waals surface area contributed by atoms with Crippen LogP contribution >= 0.6 is 7.60 Å². The number of phenols is 1. The summed E-state index contributed by atoms with van der Waals surface area (Å²) in [5.74, 6) is -0.0168. The van der Waals surface area contributed by atoms with Crippen molar-refractivity contribution in [2.45, 2.75) is 58.3 Å². The van der Waals surface area contributed by atoms with Crippen LogP contribution in [0.15, 0.2) is 18.2 Å². The van der Waals surface area contributed by atoms with Crippen molar-refractivity contribution in [3.8, 4) is 5.75 Å². The smallest absolute Gasteiger partial charge is 0.356 e. The van der Waals surface area contributed by atoms with Gasteiger partial charge < -0.3 is 14.9 Å². The predicted octanol–water partition coefficient (Wildman–Crippen LogP) is 3.49. The lowest BCUT2D eigenvalue weighted by Crippen LogP contribution is -2.11. The van der Waals surface area contributed by atoms with E-state index in [4.69, 9.17) is 0 Å². The van der Waals surface area contributed by atoms with Crippen LogP contribution in [-0.2, 0) is 11.0 Å². The molecule has 0 heterocycles. The lowest BCUT2D eigenvalue weighted by atomic mass is 10.0. The van der Waals surface area contributed by atoms with Crippen LogP contribution in [0.5, 0.6) is 5.75 Å². The van der Waals surface area contributed by atoms with Gasteiger partial charge in [-0.15, -0.1) is 0 Å². The predicted molar refractivity (Wildman–Crippen MR) is 81.5 cm³/mol. The number of unbranched alkanes of at least 4 members (excludes halogenated alkanes) is 6. The zero-order valence-corrected chi connectivity index (χ0v) is 13.0. The van der Waals surface area contributed by atoms with Crippen molar-refractivity contribution in [3.63, 3.8) is 0 Å². The SMILES string of the molecule is CCCCCCCCCc1c(O)cccc1P(=O)(O)O. The monoisotopic (exact) mass is 300 g/mol. The van der Waals surface area contributed by atoms with Gasteiger partial charge in [0.25, 0.3) is 0 Å². The first kappa shape index (κ1) is 17.2. The number of benzene rings is 1. The molecule has 1 rings (SSSR count). The highest BCUT2D eigenvalue weighted by atomic mass is 31.2. The lowest BCUT2D eigenvalue weighted by Gasteiger charge is -2.12. The Kier molecular flexibility index (Phi) is 7.28. The molecule has 0 unspecified atom stereocenters. The summed E-state index contributed by atoms with van der Waals surface area (Å²) in [7, 11) is -4.31. The molecule has 0 amide bonds. The van der Waals surface area contributed by atoms with Crippen molar-refractivity contribution in [1.82, 2.24) is 0 Å². The van der Waals surface area contributed by atoms with E-state index in [0.29, 0.717) is 12.0 Å². The molecule has 0 aromatic heterocycles. The van der Waals surface area contributed by atoms with Gasteiger partial charge >= 0.3 is 7.60 Å². The zero-order chi connectivity index (χ0) is 15.0. The second-order valence-electron chi connectivity index (χ2n) is 5.19. The van der Waals surface area contributed by atoms with Gasteiger partial charge in [-0.05, 0) is 25.0 Å². The number of aromatic hydroxyl groups is 1. The van der Waals surface area contributed by atoms with E-state index in [-0.39, 0.29) is 11.1 Å². The van der Waals surface area contributed by atoms with Crippen LogP contribution in [0.2, 0.25) is 0 Å². The second-order valence-corrected chi connectivity index (χ2v) is 6.76. The summed E-state index contributed by atoms with van der Waals surface area (Å²) in [6, 6.07) is 4.35.